The van der Waals surface area contributed by atoms with Crippen LogP contribution >= 0.6 is 15.9 Å². The van der Waals surface area contributed by atoms with E-state index in [1.165, 1.54) is 12.1 Å². The van der Waals surface area contributed by atoms with Gasteiger partial charge in [-0.1, -0.05) is 0 Å². The molecule has 0 heterocycles. The Morgan fingerprint density at radius 1 is 1.29 bits per heavy atom. The maximum Gasteiger partial charge on any atom is 0.136 e. The number of hydrogen-bond donors (Lipinski definition) is 1. The van der Waals surface area contributed by atoms with E-state index in [0.29, 0.717) is 19.0 Å². The lowest BCUT2D eigenvalue weighted by atomic mass is 10.3. The van der Waals surface area contributed by atoms with E-state index in [2.05, 4.69) is 21.2 Å². The van der Waals surface area contributed by atoms with Crippen molar-refractivity contribution in [2.45, 2.75) is 6.42 Å². The van der Waals surface area contributed by atoms with Crippen LogP contribution < -0.4 is 10.1 Å². The van der Waals surface area contributed by atoms with Crippen LogP contribution in [0.1, 0.15) is 6.42 Å². The van der Waals surface area contributed by atoms with Crippen LogP contribution in [0.4, 0.5) is 4.39 Å². The molecule has 0 radical (unpaired) electrons. The summed E-state index contributed by atoms with van der Waals surface area (Å²) in [7, 11) is 1.67. The molecule has 0 aliphatic rings. The molecule has 17 heavy (non-hydrogen) atoms. The highest BCUT2D eigenvalue weighted by Gasteiger charge is 2.02. The van der Waals surface area contributed by atoms with Crippen LogP contribution in [0, 0.1) is 5.82 Å². The van der Waals surface area contributed by atoms with Crippen LogP contribution in [0.3, 0.4) is 0 Å². The van der Waals surface area contributed by atoms with Crippen LogP contribution in [0.25, 0.3) is 0 Å². The lowest BCUT2D eigenvalue weighted by Gasteiger charge is -2.08. The summed E-state index contributed by atoms with van der Waals surface area (Å²) in [6.07, 6.45) is 0.868. The monoisotopic (exact) mass is 305 g/mol. The predicted octanol–water partition coefficient (Wildman–Crippen LogP) is 2.59. The van der Waals surface area contributed by atoms with Crippen molar-refractivity contribution >= 4 is 15.9 Å². The van der Waals surface area contributed by atoms with Gasteiger partial charge in [-0.15, -0.1) is 0 Å². The number of ether oxygens (including phenoxy) is 2. The summed E-state index contributed by atoms with van der Waals surface area (Å²) in [6.45, 7) is 2.95. The zero-order valence-electron chi connectivity index (χ0n) is 9.84. The third kappa shape index (κ3) is 6.00. The van der Waals surface area contributed by atoms with E-state index in [9.17, 15) is 4.39 Å². The number of benzene rings is 1. The Labute approximate surface area is 109 Å². The maximum atomic E-state index is 12.9. The van der Waals surface area contributed by atoms with Crippen molar-refractivity contribution in [2.75, 3.05) is 33.4 Å². The Bertz CT molecular complexity index is 336. The minimum atomic E-state index is -0.290. The van der Waals surface area contributed by atoms with Crippen molar-refractivity contribution in [1.29, 1.82) is 0 Å². The van der Waals surface area contributed by atoms with E-state index < -0.39 is 0 Å². The fourth-order valence-corrected chi connectivity index (χ4v) is 1.63. The van der Waals surface area contributed by atoms with Crippen LogP contribution in [0.2, 0.25) is 0 Å². The van der Waals surface area contributed by atoms with Crippen molar-refractivity contribution in [3.63, 3.8) is 0 Å². The predicted molar refractivity (Wildman–Crippen MR) is 69.0 cm³/mol. The molecule has 0 atom stereocenters. The highest BCUT2D eigenvalue weighted by Crippen LogP contribution is 2.25. The van der Waals surface area contributed by atoms with E-state index in [4.69, 9.17) is 9.47 Å². The Hall–Kier alpha value is -0.650. The Kier molecular flexibility index (Phi) is 7.16. The van der Waals surface area contributed by atoms with Gasteiger partial charge in [-0.25, -0.2) is 4.39 Å². The largest absolute Gasteiger partial charge is 0.492 e. The maximum absolute atomic E-state index is 12.9. The molecule has 3 nitrogen and oxygen atoms in total. The molecule has 0 aliphatic heterocycles. The summed E-state index contributed by atoms with van der Waals surface area (Å²) in [5, 5.41) is 3.21. The summed E-state index contributed by atoms with van der Waals surface area (Å²) in [6, 6.07) is 4.41. The van der Waals surface area contributed by atoms with Crippen molar-refractivity contribution < 1.29 is 13.9 Å². The molecular formula is C12H17BrFNO2. The van der Waals surface area contributed by atoms with Crippen molar-refractivity contribution in [2.24, 2.45) is 0 Å². The first-order chi connectivity index (χ1) is 8.24. The first-order valence-electron chi connectivity index (χ1n) is 5.51. The highest BCUT2D eigenvalue weighted by molar-refractivity contribution is 9.10. The van der Waals surface area contributed by atoms with Gasteiger partial charge in [0.25, 0.3) is 0 Å². The second-order valence-electron chi connectivity index (χ2n) is 3.52. The zero-order valence-corrected chi connectivity index (χ0v) is 11.4. The third-order valence-corrected chi connectivity index (χ3v) is 2.79. The molecule has 0 amide bonds. The molecule has 0 unspecified atom stereocenters. The van der Waals surface area contributed by atoms with E-state index >= 15 is 0 Å². The van der Waals surface area contributed by atoms with Gasteiger partial charge in [0.2, 0.25) is 0 Å². The number of rotatable bonds is 8. The first kappa shape index (κ1) is 14.4. The van der Waals surface area contributed by atoms with Gasteiger partial charge in [-0.05, 0) is 41.0 Å². The fraction of sp³-hybridized carbons (Fsp3) is 0.500. The summed E-state index contributed by atoms with van der Waals surface area (Å²) >= 11 is 3.31. The van der Waals surface area contributed by atoms with Crippen LogP contribution in [0.5, 0.6) is 5.75 Å². The van der Waals surface area contributed by atoms with Gasteiger partial charge in [0.05, 0.1) is 17.7 Å². The average molecular weight is 306 g/mol. The summed E-state index contributed by atoms with van der Waals surface area (Å²) in [4.78, 5) is 0. The Balaban J connectivity index is 2.15. The molecule has 1 aromatic carbocycles. The van der Waals surface area contributed by atoms with Gasteiger partial charge in [0, 0.05) is 19.7 Å². The van der Waals surface area contributed by atoms with Gasteiger partial charge < -0.3 is 14.8 Å². The van der Waals surface area contributed by atoms with Gasteiger partial charge in [0.15, 0.2) is 0 Å². The number of methoxy groups -OCH3 is 1. The second-order valence-corrected chi connectivity index (χ2v) is 4.37. The molecule has 96 valence electrons. The van der Waals surface area contributed by atoms with E-state index in [0.717, 1.165) is 24.0 Å². The summed E-state index contributed by atoms with van der Waals surface area (Å²) in [5.41, 5.74) is 0. The quantitative estimate of drug-likeness (QED) is 0.749. The van der Waals surface area contributed by atoms with Crippen molar-refractivity contribution in [3.8, 4) is 5.75 Å². The van der Waals surface area contributed by atoms with Gasteiger partial charge in [0.1, 0.15) is 11.6 Å². The summed E-state index contributed by atoms with van der Waals surface area (Å²) < 4.78 is 24.1. The highest BCUT2D eigenvalue weighted by atomic mass is 79.9. The molecule has 1 N–H and O–H groups in total. The minimum absolute atomic E-state index is 0.290. The number of hydrogen-bond acceptors (Lipinski definition) is 3. The SMILES string of the molecule is COCCNCCCOc1cc(F)ccc1Br. The molecule has 0 bridgehead atoms. The molecule has 0 fully saturated rings. The van der Waals surface area contributed by atoms with Gasteiger partial charge in [-0.3, -0.25) is 0 Å². The van der Waals surface area contributed by atoms with E-state index in [1.807, 2.05) is 0 Å². The van der Waals surface area contributed by atoms with Gasteiger partial charge >= 0.3 is 0 Å². The second kappa shape index (κ2) is 8.44. The molecule has 1 aromatic rings. The van der Waals surface area contributed by atoms with Crippen molar-refractivity contribution in [3.05, 3.63) is 28.5 Å². The van der Waals surface area contributed by atoms with E-state index in [-0.39, 0.29) is 5.82 Å². The molecule has 0 saturated heterocycles. The topological polar surface area (TPSA) is 30.5 Å². The first-order valence-corrected chi connectivity index (χ1v) is 6.31. The van der Waals surface area contributed by atoms with Crippen LogP contribution in [-0.4, -0.2) is 33.4 Å². The molecule has 5 heteroatoms. The Morgan fingerprint density at radius 3 is 2.88 bits per heavy atom. The molecule has 0 spiro atoms. The fourth-order valence-electron chi connectivity index (χ4n) is 1.27. The molecule has 1 rings (SSSR count). The lowest BCUT2D eigenvalue weighted by molar-refractivity contribution is 0.198. The minimum Gasteiger partial charge on any atom is -0.492 e. The Morgan fingerprint density at radius 2 is 2.12 bits per heavy atom. The molecule has 0 aromatic heterocycles. The molecule has 0 saturated carbocycles. The zero-order chi connectivity index (χ0) is 12.5. The van der Waals surface area contributed by atoms with Crippen LogP contribution in [0.15, 0.2) is 22.7 Å². The lowest BCUT2D eigenvalue weighted by Crippen LogP contribution is -2.21. The molecule has 0 aliphatic carbocycles. The average Bonchev–Trinajstić information content (AvgIpc) is 2.32. The molecular weight excluding hydrogens is 289 g/mol. The standard InChI is InChI=1S/C12H17BrFNO2/c1-16-8-6-15-5-2-7-17-12-9-10(14)3-4-11(12)13/h3-4,9,15H,2,5-8H2,1H3. The number of nitrogens with one attached hydrogen (secondary N) is 1. The smallest absolute Gasteiger partial charge is 0.136 e. The van der Waals surface area contributed by atoms with Gasteiger partial charge in [-0.2, -0.15) is 0 Å². The van der Waals surface area contributed by atoms with Crippen LogP contribution in [-0.2, 0) is 4.74 Å². The van der Waals surface area contributed by atoms with E-state index in [1.54, 1.807) is 13.2 Å². The normalized spacial score (nSPS) is 10.5. The number of halogens is 2. The summed E-state index contributed by atoms with van der Waals surface area (Å²) in [5.74, 6) is 0.253. The van der Waals surface area contributed by atoms with Crippen molar-refractivity contribution in [1.82, 2.24) is 5.32 Å². The third-order valence-electron chi connectivity index (χ3n) is 2.13.